The van der Waals surface area contributed by atoms with E-state index in [0.717, 1.165) is 32.1 Å². The van der Waals surface area contributed by atoms with E-state index in [1.54, 1.807) is 0 Å². The van der Waals surface area contributed by atoms with E-state index in [1.807, 2.05) is 7.05 Å². The molecule has 2 atom stereocenters. The van der Waals surface area contributed by atoms with Crippen LogP contribution in [0.3, 0.4) is 0 Å². The molecule has 0 aliphatic heterocycles. The van der Waals surface area contributed by atoms with Crippen LogP contribution in [0.2, 0.25) is 0 Å². The summed E-state index contributed by atoms with van der Waals surface area (Å²) in [7, 11) is 4.03. The first-order chi connectivity index (χ1) is 11.0. The molecular formula is C18H41N5. The summed E-state index contributed by atoms with van der Waals surface area (Å²) in [5, 5.41) is 6.91. The molecule has 0 aromatic carbocycles. The van der Waals surface area contributed by atoms with Gasteiger partial charge in [0.25, 0.3) is 0 Å². The minimum Gasteiger partial charge on any atom is -0.355 e. The van der Waals surface area contributed by atoms with E-state index in [4.69, 9.17) is 0 Å². The van der Waals surface area contributed by atoms with E-state index >= 15 is 0 Å². The lowest BCUT2D eigenvalue weighted by Gasteiger charge is -2.25. The lowest BCUT2D eigenvalue weighted by atomic mass is 10.2. The maximum absolute atomic E-state index is 4.33. The van der Waals surface area contributed by atoms with Gasteiger partial charge in [-0.15, -0.1) is 0 Å². The molecule has 0 rings (SSSR count). The minimum atomic E-state index is 0.448. The van der Waals surface area contributed by atoms with Gasteiger partial charge in [-0.25, -0.2) is 0 Å². The Balaban J connectivity index is 3.95. The van der Waals surface area contributed by atoms with Crippen LogP contribution < -0.4 is 10.6 Å². The smallest absolute Gasteiger partial charge is 0.191 e. The van der Waals surface area contributed by atoms with Crippen LogP contribution >= 0.6 is 0 Å². The molecule has 138 valence electrons. The summed E-state index contributed by atoms with van der Waals surface area (Å²) in [6.45, 7) is 16.6. The fraction of sp³-hybridized carbons (Fsp3) is 0.944. The van der Waals surface area contributed by atoms with Crippen LogP contribution in [0.25, 0.3) is 0 Å². The van der Waals surface area contributed by atoms with E-state index in [9.17, 15) is 0 Å². The molecule has 0 aliphatic rings. The first kappa shape index (κ1) is 22.2. The first-order valence-corrected chi connectivity index (χ1v) is 9.38. The highest BCUT2D eigenvalue weighted by molar-refractivity contribution is 5.79. The summed E-state index contributed by atoms with van der Waals surface area (Å²) in [6, 6.07) is 1.08. The topological polar surface area (TPSA) is 42.9 Å². The molecule has 0 fully saturated rings. The van der Waals surface area contributed by atoms with E-state index < -0.39 is 0 Å². The molecule has 5 nitrogen and oxygen atoms in total. The quantitative estimate of drug-likeness (QED) is 0.427. The molecule has 0 saturated heterocycles. The van der Waals surface area contributed by atoms with Crippen LogP contribution in [0, 0.1) is 0 Å². The summed E-state index contributed by atoms with van der Waals surface area (Å²) in [5.74, 6) is 0.915. The highest BCUT2D eigenvalue weighted by atomic mass is 15.2. The Morgan fingerprint density at radius 1 is 1.09 bits per heavy atom. The standard InChI is InChI=1S/C18H41N5/c1-8-17(5)22(7)15-13-20-18(19-6)21-16(4)12-11-14-23(9-2)10-3/h16-17H,8-15H2,1-7H3,(H2,19,20,21). The zero-order valence-corrected chi connectivity index (χ0v) is 16.7. The largest absolute Gasteiger partial charge is 0.355 e. The van der Waals surface area contributed by atoms with E-state index in [1.165, 1.54) is 25.8 Å². The Hall–Kier alpha value is -0.810. The Bertz CT molecular complexity index is 302. The number of nitrogens with one attached hydrogen (secondary N) is 2. The third kappa shape index (κ3) is 10.6. The summed E-state index contributed by atoms with van der Waals surface area (Å²) in [5.41, 5.74) is 0. The van der Waals surface area contributed by atoms with Crippen molar-refractivity contribution >= 4 is 5.96 Å². The van der Waals surface area contributed by atoms with Gasteiger partial charge < -0.3 is 20.4 Å². The number of hydrogen-bond donors (Lipinski definition) is 2. The Morgan fingerprint density at radius 2 is 1.74 bits per heavy atom. The molecule has 0 heterocycles. The molecule has 2 unspecified atom stereocenters. The molecule has 2 N–H and O–H groups in total. The van der Waals surface area contributed by atoms with Crippen molar-refractivity contribution in [3.05, 3.63) is 0 Å². The second kappa shape index (κ2) is 13.6. The van der Waals surface area contributed by atoms with Crippen LogP contribution in [0.15, 0.2) is 4.99 Å². The SMILES string of the molecule is CCC(C)N(C)CCNC(=NC)NC(C)CCCN(CC)CC. The van der Waals surface area contributed by atoms with Gasteiger partial charge in [-0.2, -0.15) is 0 Å². The number of likely N-dealkylation sites (N-methyl/N-ethyl adjacent to an activating group) is 1. The van der Waals surface area contributed by atoms with Crippen molar-refractivity contribution in [1.29, 1.82) is 0 Å². The van der Waals surface area contributed by atoms with Gasteiger partial charge in [-0.05, 0) is 59.8 Å². The molecule has 0 bridgehead atoms. The van der Waals surface area contributed by atoms with Gasteiger partial charge in [0.1, 0.15) is 0 Å². The van der Waals surface area contributed by atoms with Gasteiger partial charge in [0.05, 0.1) is 0 Å². The van der Waals surface area contributed by atoms with Crippen LogP contribution in [0.1, 0.15) is 53.9 Å². The average molecular weight is 328 g/mol. The number of nitrogens with zero attached hydrogens (tertiary/aromatic N) is 3. The molecule has 0 aliphatic carbocycles. The zero-order valence-electron chi connectivity index (χ0n) is 16.7. The van der Waals surface area contributed by atoms with Crippen molar-refractivity contribution in [3.8, 4) is 0 Å². The van der Waals surface area contributed by atoms with Crippen LogP contribution in [0.4, 0.5) is 0 Å². The molecule has 5 heteroatoms. The number of hydrogen-bond acceptors (Lipinski definition) is 3. The molecule has 0 saturated carbocycles. The summed E-state index contributed by atoms with van der Waals surface area (Å²) < 4.78 is 0. The normalized spacial score (nSPS) is 15.1. The summed E-state index contributed by atoms with van der Waals surface area (Å²) in [6.07, 6.45) is 3.58. The lowest BCUT2D eigenvalue weighted by molar-refractivity contribution is 0.255. The molecular weight excluding hydrogens is 286 g/mol. The van der Waals surface area contributed by atoms with Crippen molar-refractivity contribution in [2.75, 3.05) is 46.8 Å². The van der Waals surface area contributed by atoms with E-state index in [-0.39, 0.29) is 0 Å². The fourth-order valence-electron chi connectivity index (χ4n) is 2.54. The van der Waals surface area contributed by atoms with Crippen molar-refractivity contribution in [2.24, 2.45) is 4.99 Å². The predicted molar refractivity (Wildman–Crippen MR) is 103 cm³/mol. The third-order valence-corrected chi connectivity index (χ3v) is 4.71. The highest BCUT2D eigenvalue weighted by Crippen LogP contribution is 2.00. The zero-order chi connectivity index (χ0) is 17.7. The molecule has 0 spiro atoms. The van der Waals surface area contributed by atoms with Gasteiger partial charge in [0.2, 0.25) is 0 Å². The minimum absolute atomic E-state index is 0.448. The molecule has 0 amide bonds. The Kier molecular flexibility index (Phi) is 13.1. The van der Waals surface area contributed by atoms with Gasteiger partial charge in [-0.3, -0.25) is 4.99 Å². The molecule has 0 aromatic heterocycles. The first-order valence-electron chi connectivity index (χ1n) is 9.38. The Morgan fingerprint density at radius 3 is 2.26 bits per heavy atom. The molecule has 23 heavy (non-hydrogen) atoms. The van der Waals surface area contributed by atoms with E-state index in [2.05, 4.69) is 67.1 Å². The van der Waals surface area contributed by atoms with Gasteiger partial charge in [0, 0.05) is 32.2 Å². The second-order valence-corrected chi connectivity index (χ2v) is 6.45. The van der Waals surface area contributed by atoms with Crippen molar-refractivity contribution in [1.82, 2.24) is 20.4 Å². The maximum atomic E-state index is 4.33. The summed E-state index contributed by atoms with van der Waals surface area (Å²) >= 11 is 0. The lowest BCUT2D eigenvalue weighted by Crippen LogP contribution is -2.45. The van der Waals surface area contributed by atoms with Crippen molar-refractivity contribution in [3.63, 3.8) is 0 Å². The molecule has 0 aromatic rings. The fourth-order valence-corrected chi connectivity index (χ4v) is 2.54. The number of rotatable bonds is 12. The van der Waals surface area contributed by atoms with Gasteiger partial charge >= 0.3 is 0 Å². The number of aliphatic imine (C=N–C) groups is 1. The van der Waals surface area contributed by atoms with Crippen LogP contribution in [-0.4, -0.2) is 74.7 Å². The third-order valence-electron chi connectivity index (χ3n) is 4.71. The van der Waals surface area contributed by atoms with Gasteiger partial charge in [-0.1, -0.05) is 20.8 Å². The maximum Gasteiger partial charge on any atom is 0.191 e. The van der Waals surface area contributed by atoms with Crippen LogP contribution in [0.5, 0.6) is 0 Å². The second-order valence-electron chi connectivity index (χ2n) is 6.45. The average Bonchev–Trinajstić information content (AvgIpc) is 2.56. The predicted octanol–water partition coefficient (Wildman–Crippen LogP) is 2.39. The van der Waals surface area contributed by atoms with E-state index in [0.29, 0.717) is 12.1 Å². The molecule has 0 radical (unpaired) electrons. The monoisotopic (exact) mass is 327 g/mol. The summed E-state index contributed by atoms with van der Waals surface area (Å²) in [4.78, 5) is 9.19. The van der Waals surface area contributed by atoms with Crippen LogP contribution in [-0.2, 0) is 0 Å². The van der Waals surface area contributed by atoms with Gasteiger partial charge in [0.15, 0.2) is 5.96 Å². The van der Waals surface area contributed by atoms with Crippen molar-refractivity contribution < 1.29 is 0 Å². The Labute approximate surface area is 144 Å². The highest BCUT2D eigenvalue weighted by Gasteiger charge is 2.08. The number of guanidine groups is 1. The van der Waals surface area contributed by atoms with Crippen molar-refractivity contribution in [2.45, 2.75) is 66.0 Å².